The summed E-state index contributed by atoms with van der Waals surface area (Å²) >= 11 is 1.74. The molecule has 35 heavy (non-hydrogen) atoms. The summed E-state index contributed by atoms with van der Waals surface area (Å²) in [6.45, 7) is 10.5. The molecule has 4 heterocycles. The Labute approximate surface area is 209 Å². The maximum Gasteiger partial charge on any atom is 0.267 e. The summed E-state index contributed by atoms with van der Waals surface area (Å²) in [6, 6.07) is 11.3. The fourth-order valence-electron chi connectivity index (χ4n) is 5.33. The lowest BCUT2D eigenvalue weighted by molar-refractivity contribution is 0.114. The maximum absolute atomic E-state index is 12.8. The first kappa shape index (κ1) is 23.5. The van der Waals surface area contributed by atoms with E-state index < -0.39 is 0 Å². The first-order chi connectivity index (χ1) is 16.8. The van der Waals surface area contributed by atoms with Crippen molar-refractivity contribution in [3.63, 3.8) is 0 Å². The van der Waals surface area contributed by atoms with Gasteiger partial charge in [0.25, 0.3) is 5.56 Å². The third-order valence-corrected chi connectivity index (χ3v) is 8.23. The standard InChI is InChI=1S/C26H31N7OS/c1-6-21-15-31(17(3)19-7-8-22-24(11-19)35-18(4)28-22)16(2)13-32(21)23-12-25(34)30(5)33-14-20(9-10-27)29-26(23)33/h7-8,11-12,14,16-17,21H,6,9,13,15H2,1-5H3/t16-,17?,21+/m1/s1. The van der Waals surface area contributed by atoms with Gasteiger partial charge in [-0.1, -0.05) is 13.0 Å². The number of imidazole rings is 1. The molecule has 1 fully saturated rings. The van der Waals surface area contributed by atoms with Crippen molar-refractivity contribution in [1.29, 1.82) is 5.26 Å². The minimum absolute atomic E-state index is 0.0835. The fraction of sp³-hybridized carbons (Fsp3) is 0.462. The zero-order chi connectivity index (χ0) is 24.9. The van der Waals surface area contributed by atoms with Gasteiger partial charge in [0.05, 0.1) is 45.3 Å². The van der Waals surface area contributed by atoms with Crippen LogP contribution in [0.25, 0.3) is 15.9 Å². The molecule has 8 nitrogen and oxygen atoms in total. The van der Waals surface area contributed by atoms with Gasteiger partial charge in [-0.2, -0.15) is 5.26 Å². The van der Waals surface area contributed by atoms with E-state index in [2.05, 4.69) is 66.7 Å². The average molecular weight is 490 g/mol. The highest BCUT2D eigenvalue weighted by Gasteiger charge is 2.35. The molecule has 3 atom stereocenters. The van der Waals surface area contributed by atoms with Crippen molar-refractivity contribution >= 4 is 32.9 Å². The highest BCUT2D eigenvalue weighted by molar-refractivity contribution is 7.18. The molecule has 4 aromatic rings. The second kappa shape index (κ2) is 9.10. The van der Waals surface area contributed by atoms with Crippen molar-refractivity contribution in [2.75, 3.05) is 18.0 Å². The van der Waals surface area contributed by atoms with Crippen LogP contribution < -0.4 is 10.5 Å². The molecule has 0 aliphatic carbocycles. The first-order valence-corrected chi connectivity index (χ1v) is 13.0. The van der Waals surface area contributed by atoms with Gasteiger partial charge in [0.1, 0.15) is 0 Å². The second-order valence-corrected chi connectivity index (χ2v) is 10.8. The largest absolute Gasteiger partial charge is 0.363 e. The summed E-state index contributed by atoms with van der Waals surface area (Å²) in [7, 11) is 1.73. The summed E-state index contributed by atoms with van der Waals surface area (Å²) in [5, 5.41) is 10.2. The van der Waals surface area contributed by atoms with E-state index in [4.69, 9.17) is 10.2 Å². The van der Waals surface area contributed by atoms with Crippen LogP contribution in [0, 0.1) is 18.3 Å². The molecule has 1 aliphatic rings. The predicted molar refractivity (Wildman–Crippen MR) is 140 cm³/mol. The van der Waals surface area contributed by atoms with Crippen LogP contribution in [0.1, 0.15) is 49.5 Å². The van der Waals surface area contributed by atoms with E-state index in [0.717, 1.165) is 41.4 Å². The number of nitrogens with zero attached hydrogens (tertiary/aromatic N) is 7. The molecule has 1 unspecified atom stereocenters. The molecule has 0 saturated carbocycles. The summed E-state index contributed by atoms with van der Waals surface area (Å²) < 4.78 is 4.57. The smallest absolute Gasteiger partial charge is 0.267 e. The van der Waals surface area contributed by atoms with E-state index in [1.54, 1.807) is 39.8 Å². The van der Waals surface area contributed by atoms with Crippen molar-refractivity contribution in [2.45, 2.75) is 58.7 Å². The zero-order valence-corrected chi connectivity index (χ0v) is 21.7. The summed E-state index contributed by atoms with van der Waals surface area (Å²) in [6.07, 6.45) is 2.97. The normalized spacial score (nSPS) is 19.9. The van der Waals surface area contributed by atoms with E-state index >= 15 is 0 Å². The maximum atomic E-state index is 12.8. The molecule has 182 valence electrons. The summed E-state index contributed by atoms with van der Waals surface area (Å²) in [5.41, 5.74) is 4.55. The number of aromatic nitrogens is 4. The van der Waals surface area contributed by atoms with Crippen molar-refractivity contribution in [2.24, 2.45) is 7.05 Å². The molecular weight excluding hydrogens is 458 g/mol. The van der Waals surface area contributed by atoms with E-state index in [9.17, 15) is 4.79 Å². The first-order valence-electron chi connectivity index (χ1n) is 12.2. The Morgan fingerprint density at radius 1 is 1.26 bits per heavy atom. The van der Waals surface area contributed by atoms with Crippen LogP contribution in [-0.2, 0) is 13.5 Å². The quantitative estimate of drug-likeness (QED) is 0.420. The summed E-state index contributed by atoms with van der Waals surface area (Å²) in [4.78, 5) is 27.1. The molecule has 0 spiro atoms. The molecule has 5 rings (SSSR count). The lowest BCUT2D eigenvalue weighted by Gasteiger charge is -2.48. The third kappa shape index (κ3) is 4.11. The molecule has 3 aromatic heterocycles. The molecule has 0 N–H and O–H groups in total. The molecule has 0 bridgehead atoms. The van der Waals surface area contributed by atoms with E-state index in [1.165, 1.54) is 10.3 Å². The predicted octanol–water partition coefficient (Wildman–Crippen LogP) is 4.07. The SMILES string of the molecule is CC[C@H]1CN(C(C)c2ccc3nc(C)sc3c2)[C@H](C)CN1c1cc(=O)n(C)n2cc(CC#N)nc12. The average Bonchev–Trinajstić information content (AvgIpc) is 3.43. The van der Waals surface area contributed by atoms with Crippen LogP contribution in [-0.4, -0.2) is 49.2 Å². The van der Waals surface area contributed by atoms with Gasteiger partial charge in [0.2, 0.25) is 0 Å². The number of piperazine rings is 1. The number of aryl methyl sites for hydroxylation is 2. The van der Waals surface area contributed by atoms with E-state index in [-0.39, 0.29) is 30.1 Å². The van der Waals surface area contributed by atoms with Crippen molar-refractivity contribution in [3.8, 4) is 6.07 Å². The molecule has 1 aromatic carbocycles. The van der Waals surface area contributed by atoms with Crippen LogP contribution in [0.4, 0.5) is 5.69 Å². The van der Waals surface area contributed by atoms with E-state index in [0.29, 0.717) is 5.69 Å². The van der Waals surface area contributed by atoms with Crippen LogP contribution in [0.3, 0.4) is 0 Å². The van der Waals surface area contributed by atoms with E-state index in [1.807, 2.05) is 0 Å². The number of hydrogen-bond donors (Lipinski definition) is 0. The van der Waals surface area contributed by atoms with Crippen molar-refractivity contribution in [3.05, 3.63) is 57.1 Å². The van der Waals surface area contributed by atoms with Gasteiger partial charge in [0, 0.05) is 44.3 Å². The van der Waals surface area contributed by atoms with Crippen LogP contribution >= 0.6 is 11.3 Å². The molecule has 0 radical (unpaired) electrons. The number of hydrogen-bond acceptors (Lipinski definition) is 7. The van der Waals surface area contributed by atoms with Crippen LogP contribution in [0.15, 0.2) is 35.3 Å². The minimum Gasteiger partial charge on any atom is -0.363 e. The Hall–Kier alpha value is -3.22. The van der Waals surface area contributed by atoms with Gasteiger partial charge in [-0.15, -0.1) is 11.3 Å². The Balaban J connectivity index is 1.48. The Kier molecular flexibility index (Phi) is 6.11. The highest BCUT2D eigenvalue weighted by atomic mass is 32.1. The third-order valence-electron chi connectivity index (χ3n) is 7.30. The lowest BCUT2D eigenvalue weighted by atomic mass is 9.98. The number of anilines is 1. The monoisotopic (exact) mass is 489 g/mol. The van der Waals surface area contributed by atoms with Crippen LogP contribution in [0.5, 0.6) is 0 Å². The Morgan fingerprint density at radius 3 is 2.80 bits per heavy atom. The van der Waals surface area contributed by atoms with Crippen LogP contribution in [0.2, 0.25) is 0 Å². The van der Waals surface area contributed by atoms with Crippen molar-refractivity contribution < 1.29 is 0 Å². The number of thiazole rings is 1. The second-order valence-electron chi connectivity index (χ2n) is 9.52. The Bertz CT molecular complexity index is 1490. The Morgan fingerprint density at radius 2 is 2.06 bits per heavy atom. The number of rotatable bonds is 5. The topological polar surface area (TPSA) is 82.5 Å². The van der Waals surface area contributed by atoms with Crippen molar-refractivity contribution in [1.82, 2.24) is 24.1 Å². The van der Waals surface area contributed by atoms with Gasteiger partial charge < -0.3 is 4.90 Å². The fourth-order valence-corrected chi connectivity index (χ4v) is 6.21. The zero-order valence-electron chi connectivity index (χ0n) is 20.9. The van der Waals surface area contributed by atoms with Gasteiger partial charge in [-0.05, 0) is 44.9 Å². The van der Waals surface area contributed by atoms with Gasteiger partial charge in [0.15, 0.2) is 5.65 Å². The molecule has 9 heteroatoms. The molecule has 1 saturated heterocycles. The van der Waals surface area contributed by atoms with Gasteiger partial charge in [-0.25, -0.2) is 19.2 Å². The molecular formula is C26H31N7OS. The highest BCUT2D eigenvalue weighted by Crippen LogP contribution is 2.34. The minimum atomic E-state index is -0.0835. The summed E-state index contributed by atoms with van der Waals surface area (Å²) in [5.74, 6) is 0. The molecule has 1 aliphatic heterocycles. The van der Waals surface area contributed by atoms with Gasteiger partial charge >= 0.3 is 0 Å². The molecule has 0 amide bonds. The number of nitriles is 1. The number of fused-ring (bicyclic) bond motifs is 2. The van der Waals surface area contributed by atoms with Gasteiger partial charge in [-0.3, -0.25) is 9.69 Å². The number of benzene rings is 1. The lowest BCUT2D eigenvalue weighted by Crippen LogP contribution is -2.58.